The van der Waals surface area contributed by atoms with Crippen LogP contribution in [-0.4, -0.2) is 65.2 Å². The minimum absolute atomic E-state index is 0.0272. The SMILES string of the molecule is Cc1cc(C(=O)N2CC[C@@H]3OCC(=O)N(C(C)C)C[C@H]3C2)no1. The molecule has 0 unspecified atom stereocenters. The minimum Gasteiger partial charge on any atom is -0.368 e. The summed E-state index contributed by atoms with van der Waals surface area (Å²) in [7, 11) is 0. The van der Waals surface area contributed by atoms with Gasteiger partial charge in [-0.1, -0.05) is 5.16 Å². The van der Waals surface area contributed by atoms with Crippen LogP contribution in [0.1, 0.15) is 36.5 Å². The van der Waals surface area contributed by atoms with Crippen molar-refractivity contribution in [2.75, 3.05) is 26.2 Å². The second kappa shape index (κ2) is 6.31. The summed E-state index contributed by atoms with van der Waals surface area (Å²) in [6, 6.07) is 1.79. The largest absolute Gasteiger partial charge is 0.368 e. The predicted molar refractivity (Wildman–Crippen MR) is 81.8 cm³/mol. The number of rotatable bonds is 2. The van der Waals surface area contributed by atoms with Crippen molar-refractivity contribution in [3.8, 4) is 0 Å². The first-order valence-electron chi connectivity index (χ1n) is 8.09. The van der Waals surface area contributed by atoms with Crippen LogP contribution in [0.25, 0.3) is 0 Å². The van der Waals surface area contributed by atoms with Crippen molar-refractivity contribution in [3.63, 3.8) is 0 Å². The van der Waals surface area contributed by atoms with Crippen LogP contribution in [0.15, 0.2) is 10.6 Å². The second-order valence-corrected chi connectivity index (χ2v) is 6.61. The summed E-state index contributed by atoms with van der Waals surface area (Å²) in [6.07, 6.45) is 0.776. The molecule has 0 bridgehead atoms. The molecule has 2 aliphatic rings. The normalized spacial score (nSPS) is 25.5. The van der Waals surface area contributed by atoms with Gasteiger partial charge in [-0.25, -0.2) is 0 Å². The molecule has 2 amide bonds. The van der Waals surface area contributed by atoms with Crippen LogP contribution in [0.3, 0.4) is 0 Å². The molecule has 3 rings (SSSR count). The van der Waals surface area contributed by atoms with Gasteiger partial charge in [-0.2, -0.15) is 0 Å². The Bertz CT molecular complexity index is 598. The van der Waals surface area contributed by atoms with Crippen molar-refractivity contribution in [1.29, 1.82) is 0 Å². The van der Waals surface area contributed by atoms with Crippen LogP contribution in [0.5, 0.6) is 0 Å². The Hall–Kier alpha value is -1.89. The number of likely N-dealkylation sites (tertiary alicyclic amines) is 1. The van der Waals surface area contributed by atoms with E-state index in [1.54, 1.807) is 17.9 Å². The molecular weight excluding hydrogens is 298 g/mol. The van der Waals surface area contributed by atoms with Crippen LogP contribution < -0.4 is 0 Å². The molecule has 7 heteroatoms. The number of carbonyl (C=O) groups is 2. The summed E-state index contributed by atoms with van der Waals surface area (Å²) in [6.45, 7) is 7.72. The van der Waals surface area contributed by atoms with Crippen LogP contribution in [0.2, 0.25) is 0 Å². The maximum absolute atomic E-state index is 12.5. The van der Waals surface area contributed by atoms with Gasteiger partial charge < -0.3 is 19.1 Å². The Labute approximate surface area is 135 Å². The number of hydrogen-bond acceptors (Lipinski definition) is 5. The summed E-state index contributed by atoms with van der Waals surface area (Å²) < 4.78 is 10.8. The zero-order valence-corrected chi connectivity index (χ0v) is 13.8. The smallest absolute Gasteiger partial charge is 0.276 e. The van der Waals surface area contributed by atoms with E-state index in [2.05, 4.69) is 5.16 Å². The first-order chi connectivity index (χ1) is 11.0. The molecule has 0 aromatic carbocycles. The monoisotopic (exact) mass is 321 g/mol. The zero-order chi connectivity index (χ0) is 16.6. The molecule has 3 heterocycles. The molecule has 2 aliphatic heterocycles. The number of nitrogens with zero attached hydrogens (tertiary/aromatic N) is 3. The Kier molecular flexibility index (Phi) is 4.39. The van der Waals surface area contributed by atoms with Gasteiger partial charge in [0.15, 0.2) is 5.69 Å². The number of aryl methyl sites for hydroxylation is 1. The summed E-state index contributed by atoms with van der Waals surface area (Å²) in [4.78, 5) is 28.3. The van der Waals surface area contributed by atoms with E-state index in [1.807, 2.05) is 18.7 Å². The van der Waals surface area contributed by atoms with Gasteiger partial charge in [0.2, 0.25) is 5.91 Å². The van der Waals surface area contributed by atoms with E-state index in [1.165, 1.54) is 0 Å². The molecule has 0 aliphatic carbocycles. The molecule has 7 nitrogen and oxygen atoms in total. The summed E-state index contributed by atoms with van der Waals surface area (Å²) in [5, 5.41) is 3.81. The first-order valence-corrected chi connectivity index (χ1v) is 8.09. The molecule has 0 radical (unpaired) electrons. The lowest BCUT2D eigenvalue weighted by Crippen LogP contribution is -2.50. The average molecular weight is 321 g/mol. The van der Waals surface area contributed by atoms with Gasteiger partial charge in [-0.15, -0.1) is 0 Å². The lowest BCUT2D eigenvalue weighted by Gasteiger charge is -2.38. The maximum atomic E-state index is 12.5. The van der Waals surface area contributed by atoms with Crippen molar-refractivity contribution >= 4 is 11.8 Å². The highest BCUT2D eigenvalue weighted by atomic mass is 16.5. The van der Waals surface area contributed by atoms with E-state index in [0.717, 1.165) is 6.42 Å². The van der Waals surface area contributed by atoms with Gasteiger partial charge >= 0.3 is 0 Å². The lowest BCUT2D eigenvalue weighted by molar-refractivity contribution is -0.136. The lowest BCUT2D eigenvalue weighted by atomic mass is 9.93. The van der Waals surface area contributed by atoms with Crippen molar-refractivity contribution in [2.24, 2.45) is 5.92 Å². The Morgan fingerprint density at radius 3 is 2.83 bits per heavy atom. The molecule has 2 fully saturated rings. The third kappa shape index (κ3) is 3.24. The first kappa shape index (κ1) is 16.0. The van der Waals surface area contributed by atoms with E-state index in [4.69, 9.17) is 9.26 Å². The maximum Gasteiger partial charge on any atom is 0.276 e. The molecule has 0 saturated carbocycles. The van der Waals surface area contributed by atoms with E-state index in [9.17, 15) is 9.59 Å². The van der Waals surface area contributed by atoms with Gasteiger partial charge in [-0.3, -0.25) is 9.59 Å². The Morgan fingerprint density at radius 1 is 1.39 bits per heavy atom. The summed E-state index contributed by atoms with van der Waals surface area (Å²) in [5.41, 5.74) is 0.340. The number of aromatic nitrogens is 1. The molecular formula is C16H23N3O4. The molecule has 2 saturated heterocycles. The highest BCUT2D eigenvalue weighted by molar-refractivity contribution is 5.92. The third-order valence-electron chi connectivity index (χ3n) is 4.59. The van der Waals surface area contributed by atoms with E-state index >= 15 is 0 Å². The fourth-order valence-electron chi connectivity index (χ4n) is 3.33. The predicted octanol–water partition coefficient (Wildman–Crippen LogP) is 1.08. The molecule has 1 aromatic rings. The van der Waals surface area contributed by atoms with Crippen molar-refractivity contribution in [3.05, 3.63) is 17.5 Å². The molecule has 126 valence electrons. The van der Waals surface area contributed by atoms with Crippen LogP contribution >= 0.6 is 0 Å². The minimum atomic E-state index is -0.119. The Morgan fingerprint density at radius 2 is 2.17 bits per heavy atom. The van der Waals surface area contributed by atoms with Gasteiger partial charge in [0.1, 0.15) is 12.4 Å². The standard InChI is InChI=1S/C16H23N3O4/c1-10(2)19-8-12-7-18(5-4-14(12)22-9-15(19)20)16(21)13-6-11(3)23-17-13/h6,10,12,14H,4-5,7-9H2,1-3H3/t12-,14+/m1/s1. The second-order valence-electron chi connectivity index (χ2n) is 6.61. The fourth-order valence-corrected chi connectivity index (χ4v) is 3.33. The van der Waals surface area contributed by atoms with Crippen molar-refractivity contribution in [2.45, 2.75) is 39.3 Å². The molecule has 0 N–H and O–H groups in total. The fraction of sp³-hybridized carbons (Fsp3) is 0.688. The van der Waals surface area contributed by atoms with Crippen molar-refractivity contribution in [1.82, 2.24) is 15.0 Å². The van der Waals surface area contributed by atoms with Crippen molar-refractivity contribution < 1.29 is 18.8 Å². The number of ether oxygens (including phenoxy) is 1. The van der Waals surface area contributed by atoms with E-state index in [0.29, 0.717) is 31.1 Å². The number of carbonyl (C=O) groups excluding carboxylic acids is 2. The highest BCUT2D eigenvalue weighted by Gasteiger charge is 2.38. The van der Waals surface area contributed by atoms with Gasteiger partial charge in [0, 0.05) is 37.7 Å². The van der Waals surface area contributed by atoms with E-state index in [-0.39, 0.29) is 36.5 Å². The third-order valence-corrected chi connectivity index (χ3v) is 4.59. The van der Waals surface area contributed by atoms with Gasteiger partial charge in [0.05, 0.1) is 6.10 Å². The number of amides is 2. The Balaban J connectivity index is 1.72. The summed E-state index contributed by atoms with van der Waals surface area (Å²) >= 11 is 0. The molecule has 1 aromatic heterocycles. The van der Waals surface area contributed by atoms with Gasteiger partial charge in [0.25, 0.3) is 5.91 Å². The van der Waals surface area contributed by atoms with Gasteiger partial charge in [-0.05, 0) is 27.2 Å². The number of piperidine rings is 1. The topological polar surface area (TPSA) is 75.9 Å². The van der Waals surface area contributed by atoms with E-state index < -0.39 is 0 Å². The number of fused-ring (bicyclic) bond motifs is 1. The molecule has 23 heavy (non-hydrogen) atoms. The summed E-state index contributed by atoms with van der Waals surface area (Å²) in [5.74, 6) is 0.665. The highest BCUT2D eigenvalue weighted by Crippen LogP contribution is 2.26. The van der Waals surface area contributed by atoms with Crippen LogP contribution in [-0.2, 0) is 9.53 Å². The molecule has 0 spiro atoms. The van der Waals surface area contributed by atoms with Crippen LogP contribution in [0, 0.1) is 12.8 Å². The quantitative estimate of drug-likeness (QED) is 0.815. The zero-order valence-electron chi connectivity index (χ0n) is 13.8. The molecule has 2 atom stereocenters. The van der Waals surface area contributed by atoms with Crippen LogP contribution in [0.4, 0.5) is 0 Å². The number of hydrogen-bond donors (Lipinski definition) is 0. The average Bonchev–Trinajstić information content (AvgIpc) is 2.88.